The molecule has 0 amide bonds. The molecule has 0 aliphatic carbocycles. The number of guanidine groups is 1. The van der Waals surface area contributed by atoms with Crippen molar-refractivity contribution in [3.8, 4) is 0 Å². The first-order valence-corrected chi connectivity index (χ1v) is 9.65. The van der Waals surface area contributed by atoms with E-state index in [4.69, 9.17) is 0 Å². The predicted octanol–water partition coefficient (Wildman–Crippen LogP) is 1.55. The summed E-state index contributed by atoms with van der Waals surface area (Å²) in [6.45, 7) is 9.40. The van der Waals surface area contributed by atoms with Gasteiger partial charge in [-0.15, -0.1) is 10.2 Å². The van der Waals surface area contributed by atoms with Crippen LogP contribution in [0.3, 0.4) is 0 Å². The van der Waals surface area contributed by atoms with Gasteiger partial charge in [-0.2, -0.15) is 0 Å². The third-order valence-electron chi connectivity index (χ3n) is 4.94. The Morgan fingerprint density at radius 2 is 2.00 bits per heavy atom. The van der Waals surface area contributed by atoms with Crippen molar-refractivity contribution in [1.82, 2.24) is 30.4 Å². The molecule has 8 heteroatoms. The summed E-state index contributed by atoms with van der Waals surface area (Å²) in [6.07, 6.45) is 2.12. The number of hydrogen-bond acceptors (Lipinski definition) is 5. The van der Waals surface area contributed by atoms with Gasteiger partial charge < -0.3 is 20.1 Å². The topological polar surface area (TPSA) is 83.3 Å². The summed E-state index contributed by atoms with van der Waals surface area (Å²) in [5, 5.41) is 15.2. The molecule has 0 aromatic carbocycles. The molecule has 8 nitrogen and oxygen atoms in total. The lowest BCUT2D eigenvalue weighted by atomic mass is 10.1. The molecule has 0 atom stereocenters. The van der Waals surface area contributed by atoms with Crippen LogP contribution in [-0.4, -0.2) is 51.4 Å². The summed E-state index contributed by atoms with van der Waals surface area (Å²) in [5.41, 5.74) is 1.06. The summed E-state index contributed by atoms with van der Waals surface area (Å²) >= 11 is 0. The van der Waals surface area contributed by atoms with Gasteiger partial charge in [-0.05, 0) is 45.7 Å². The van der Waals surface area contributed by atoms with Crippen LogP contribution in [0.4, 0.5) is 5.82 Å². The van der Waals surface area contributed by atoms with Crippen molar-refractivity contribution < 1.29 is 0 Å². The number of pyridine rings is 1. The van der Waals surface area contributed by atoms with Gasteiger partial charge in [0, 0.05) is 38.4 Å². The fourth-order valence-electron chi connectivity index (χ4n) is 3.21. The van der Waals surface area contributed by atoms with Gasteiger partial charge in [0.25, 0.3) is 0 Å². The number of rotatable bonds is 5. The molecule has 0 saturated carbocycles. The van der Waals surface area contributed by atoms with E-state index in [-0.39, 0.29) is 0 Å². The van der Waals surface area contributed by atoms with Crippen molar-refractivity contribution in [2.75, 3.05) is 24.5 Å². The number of hydrogen-bond donors (Lipinski definition) is 2. The van der Waals surface area contributed by atoms with Crippen molar-refractivity contribution in [2.45, 2.75) is 46.2 Å². The van der Waals surface area contributed by atoms with E-state index < -0.39 is 0 Å². The van der Waals surface area contributed by atoms with Crippen LogP contribution in [0.2, 0.25) is 0 Å². The number of anilines is 1. The molecule has 27 heavy (non-hydrogen) atoms. The highest BCUT2D eigenvalue weighted by atomic mass is 15.3. The smallest absolute Gasteiger partial charge is 0.191 e. The maximum atomic E-state index is 4.69. The lowest BCUT2D eigenvalue weighted by molar-refractivity contribution is 0.459. The van der Waals surface area contributed by atoms with E-state index in [2.05, 4.69) is 54.8 Å². The van der Waals surface area contributed by atoms with E-state index in [1.54, 1.807) is 0 Å². The Bertz CT molecular complexity index is 774. The Morgan fingerprint density at radius 1 is 1.22 bits per heavy atom. The van der Waals surface area contributed by atoms with Crippen LogP contribution in [0.1, 0.15) is 37.1 Å². The van der Waals surface area contributed by atoms with Crippen LogP contribution < -0.4 is 15.5 Å². The molecule has 3 rings (SSSR count). The molecule has 0 bridgehead atoms. The van der Waals surface area contributed by atoms with E-state index in [0.717, 1.165) is 61.6 Å². The first-order valence-electron chi connectivity index (χ1n) is 9.65. The molecule has 3 heterocycles. The highest BCUT2D eigenvalue weighted by Crippen LogP contribution is 2.18. The highest BCUT2D eigenvalue weighted by molar-refractivity contribution is 5.80. The fraction of sp³-hybridized carbons (Fsp3) is 0.579. The average molecular weight is 371 g/mol. The van der Waals surface area contributed by atoms with Gasteiger partial charge in [-0.25, -0.2) is 9.98 Å². The lowest BCUT2D eigenvalue weighted by Gasteiger charge is -2.34. The summed E-state index contributed by atoms with van der Waals surface area (Å²) in [6, 6.07) is 6.61. The molecular weight excluding hydrogens is 340 g/mol. The Labute approximate surface area is 161 Å². The molecule has 1 aliphatic heterocycles. The first kappa shape index (κ1) is 19.1. The lowest BCUT2D eigenvalue weighted by Crippen LogP contribution is -2.49. The Morgan fingerprint density at radius 3 is 2.63 bits per heavy atom. The monoisotopic (exact) mass is 370 g/mol. The Kier molecular flexibility index (Phi) is 6.26. The molecule has 2 aromatic rings. The number of nitrogens with zero attached hydrogens (tertiary/aromatic N) is 6. The van der Waals surface area contributed by atoms with Gasteiger partial charge in [0.15, 0.2) is 11.8 Å². The van der Waals surface area contributed by atoms with Crippen molar-refractivity contribution >= 4 is 11.8 Å². The second-order valence-corrected chi connectivity index (χ2v) is 6.96. The van der Waals surface area contributed by atoms with Gasteiger partial charge >= 0.3 is 0 Å². The molecule has 0 radical (unpaired) electrons. The van der Waals surface area contributed by atoms with Crippen LogP contribution in [0, 0.1) is 13.8 Å². The summed E-state index contributed by atoms with van der Waals surface area (Å²) < 4.78 is 1.97. The first-order chi connectivity index (χ1) is 13.1. The van der Waals surface area contributed by atoms with Gasteiger partial charge in [0.05, 0.1) is 0 Å². The van der Waals surface area contributed by atoms with Crippen molar-refractivity contribution in [1.29, 1.82) is 0 Å². The molecular formula is C19H30N8. The number of nitrogens with one attached hydrogen (secondary N) is 2. The number of aromatic nitrogens is 4. The van der Waals surface area contributed by atoms with Gasteiger partial charge in [-0.1, -0.05) is 6.07 Å². The number of aryl methyl sites for hydroxylation is 2. The molecule has 0 unspecified atom stereocenters. The zero-order chi connectivity index (χ0) is 19.2. The molecule has 1 fully saturated rings. The minimum atomic E-state index is 0.407. The molecule has 2 N–H and O–H groups in total. The van der Waals surface area contributed by atoms with Crippen LogP contribution in [0.5, 0.6) is 0 Å². The Hall–Kier alpha value is -2.64. The molecule has 2 aromatic heterocycles. The van der Waals surface area contributed by atoms with E-state index >= 15 is 0 Å². The van der Waals surface area contributed by atoms with Gasteiger partial charge in [0.2, 0.25) is 0 Å². The highest BCUT2D eigenvalue weighted by Gasteiger charge is 2.21. The SMILES string of the molecule is CCNC(=NCc1nnc(C)n1C)NC1CCN(c2cccc(C)n2)CC1. The van der Waals surface area contributed by atoms with Crippen LogP contribution in [0.15, 0.2) is 23.2 Å². The molecule has 0 spiro atoms. The zero-order valence-corrected chi connectivity index (χ0v) is 16.7. The average Bonchev–Trinajstić information content (AvgIpc) is 2.99. The van der Waals surface area contributed by atoms with Gasteiger partial charge in [-0.3, -0.25) is 0 Å². The zero-order valence-electron chi connectivity index (χ0n) is 16.7. The van der Waals surface area contributed by atoms with Crippen LogP contribution >= 0.6 is 0 Å². The standard InChI is InChI=1S/C19H30N8/c1-5-20-19(21-13-18-25-24-15(3)26(18)4)23-16-9-11-27(12-10-16)17-8-6-7-14(2)22-17/h6-8,16H,5,9-13H2,1-4H3,(H2,20,21,23). The molecule has 1 aliphatic rings. The summed E-state index contributed by atoms with van der Waals surface area (Å²) in [4.78, 5) is 11.7. The number of aliphatic imine (C=N–C) groups is 1. The van der Waals surface area contributed by atoms with E-state index in [1.807, 2.05) is 31.5 Å². The molecule has 146 valence electrons. The number of piperidine rings is 1. The second-order valence-electron chi connectivity index (χ2n) is 6.96. The maximum absolute atomic E-state index is 4.69. The fourth-order valence-corrected chi connectivity index (χ4v) is 3.21. The van der Waals surface area contributed by atoms with Crippen LogP contribution in [0.25, 0.3) is 0 Å². The normalized spacial score (nSPS) is 15.9. The van der Waals surface area contributed by atoms with Crippen molar-refractivity contribution in [3.05, 3.63) is 35.5 Å². The van der Waals surface area contributed by atoms with Gasteiger partial charge in [0.1, 0.15) is 18.2 Å². The van der Waals surface area contributed by atoms with Crippen molar-refractivity contribution in [3.63, 3.8) is 0 Å². The predicted molar refractivity (Wildman–Crippen MR) is 108 cm³/mol. The summed E-state index contributed by atoms with van der Waals surface area (Å²) in [5.74, 6) is 3.68. The van der Waals surface area contributed by atoms with E-state index in [1.165, 1.54) is 0 Å². The third-order valence-corrected chi connectivity index (χ3v) is 4.94. The second kappa shape index (κ2) is 8.83. The minimum absolute atomic E-state index is 0.407. The molecule has 1 saturated heterocycles. The third kappa shape index (κ3) is 4.96. The minimum Gasteiger partial charge on any atom is -0.357 e. The van der Waals surface area contributed by atoms with E-state index in [9.17, 15) is 0 Å². The van der Waals surface area contributed by atoms with Crippen molar-refractivity contribution in [2.24, 2.45) is 12.0 Å². The Balaban J connectivity index is 1.56. The van der Waals surface area contributed by atoms with Crippen LogP contribution in [-0.2, 0) is 13.6 Å². The quantitative estimate of drug-likeness (QED) is 0.614. The summed E-state index contributed by atoms with van der Waals surface area (Å²) in [7, 11) is 1.97. The largest absolute Gasteiger partial charge is 0.357 e. The maximum Gasteiger partial charge on any atom is 0.191 e. The van der Waals surface area contributed by atoms with E-state index in [0.29, 0.717) is 12.6 Å².